The van der Waals surface area contributed by atoms with E-state index < -0.39 is 43.1 Å². The Morgan fingerprint density at radius 2 is 2.00 bits per heavy atom. The molecule has 2 amide bonds. The van der Waals surface area contributed by atoms with Crippen LogP contribution in [0.1, 0.15) is 5.69 Å². The van der Waals surface area contributed by atoms with Crippen molar-refractivity contribution in [3.05, 3.63) is 42.2 Å². The van der Waals surface area contributed by atoms with Crippen LogP contribution in [0.4, 0.5) is 23.7 Å². The summed E-state index contributed by atoms with van der Waals surface area (Å²) in [5.41, 5.74) is 1.73. The van der Waals surface area contributed by atoms with Crippen LogP contribution in [0.15, 0.2) is 36.5 Å². The Hall–Kier alpha value is -3.17. The molecule has 10 heteroatoms. The number of hydrogen-bond acceptors (Lipinski definition) is 4. The Balaban J connectivity index is 1.75. The number of nitrogens with zero attached hydrogens (tertiary/aromatic N) is 3. The predicted octanol–water partition coefficient (Wildman–Crippen LogP) is 3.18. The molecule has 2 heterocycles. The Morgan fingerprint density at radius 1 is 1.25 bits per heavy atom. The lowest BCUT2D eigenvalue weighted by Crippen LogP contribution is -2.35. The molecule has 2 atom stereocenters. The van der Waals surface area contributed by atoms with Gasteiger partial charge in [0.1, 0.15) is 0 Å². The van der Waals surface area contributed by atoms with Gasteiger partial charge in [-0.2, -0.15) is 13.2 Å². The van der Waals surface area contributed by atoms with Gasteiger partial charge in [-0.3, -0.25) is 4.79 Å². The number of nitrogens with one attached hydrogen (secondary N) is 1. The molecule has 2 aromatic rings. The fraction of sp³-hybridized carbons (Fsp3) is 0.333. The Bertz CT molecular complexity index is 904. The normalized spacial score (nSPS) is 19.5. The van der Waals surface area contributed by atoms with Crippen LogP contribution in [0.25, 0.3) is 11.4 Å². The summed E-state index contributed by atoms with van der Waals surface area (Å²) >= 11 is 0. The van der Waals surface area contributed by atoms with Crippen LogP contribution < -0.4 is 5.32 Å². The highest BCUT2D eigenvalue weighted by Gasteiger charge is 2.53. The second-order valence-corrected chi connectivity index (χ2v) is 6.53. The molecule has 1 aromatic carbocycles. The number of aliphatic carboxylic acids is 1. The van der Waals surface area contributed by atoms with E-state index in [-0.39, 0.29) is 0 Å². The number of halogens is 3. The van der Waals surface area contributed by atoms with E-state index >= 15 is 0 Å². The molecule has 2 N–H and O–H groups in total. The van der Waals surface area contributed by atoms with Gasteiger partial charge in [-0.25, -0.2) is 14.8 Å². The summed E-state index contributed by atoms with van der Waals surface area (Å²) in [7, 11) is 0. The number of anilines is 1. The highest BCUT2D eigenvalue weighted by molar-refractivity contribution is 5.90. The van der Waals surface area contributed by atoms with E-state index in [1.165, 1.54) is 0 Å². The SMILES string of the molecule is Cc1ccnc(-c2cccc(NC(=O)N3C[C@@H](C(F)(F)F)[C@H](C(=O)O)C3)c2)n1. The van der Waals surface area contributed by atoms with E-state index in [4.69, 9.17) is 5.11 Å². The molecule has 7 nitrogen and oxygen atoms in total. The molecule has 0 saturated carbocycles. The number of carboxylic acid groups (broad SMARTS) is 1. The van der Waals surface area contributed by atoms with Crippen molar-refractivity contribution in [2.75, 3.05) is 18.4 Å². The summed E-state index contributed by atoms with van der Waals surface area (Å²) in [5.74, 6) is -4.91. The van der Waals surface area contributed by atoms with Gasteiger partial charge in [0.2, 0.25) is 0 Å². The first-order valence-corrected chi connectivity index (χ1v) is 8.40. The Labute approximate surface area is 158 Å². The van der Waals surface area contributed by atoms with Gasteiger partial charge in [0, 0.05) is 36.2 Å². The molecule has 1 saturated heterocycles. The first-order valence-electron chi connectivity index (χ1n) is 8.40. The maximum absolute atomic E-state index is 13.1. The third-order valence-corrected chi connectivity index (χ3v) is 4.51. The van der Waals surface area contributed by atoms with Crippen molar-refractivity contribution < 1.29 is 27.9 Å². The minimum Gasteiger partial charge on any atom is -0.481 e. The summed E-state index contributed by atoms with van der Waals surface area (Å²) in [4.78, 5) is 32.8. The van der Waals surface area contributed by atoms with Gasteiger partial charge in [0.05, 0.1) is 11.8 Å². The first kappa shape index (κ1) is 19.6. The molecule has 1 aliphatic rings. The van der Waals surface area contributed by atoms with Crippen molar-refractivity contribution in [1.29, 1.82) is 0 Å². The van der Waals surface area contributed by atoms with Gasteiger partial charge in [-0.05, 0) is 25.1 Å². The lowest BCUT2D eigenvalue weighted by atomic mass is 9.96. The molecule has 0 radical (unpaired) electrons. The monoisotopic (exact) mass is 394 g/mol. The maximum atomic E-state index is 13.1. The lowest BCUT2D eigenvalue weighted by molar-refractivity contribution is -0.187. The number of benzene rings is 1. The van der Waals surface area contributed by atoms with Crippen LogP contribution in [-0.4, -0.2) is 51.2 Å². The molecular weight excluding hydrogens is 377 g/mol. The molecule has 0 spiro atoms. The lowest BCUT2D eigenvalue weighted by Gasteiger charge is -2.19. The molecule has 1 aromatic heterocycles. The molecule has 1 aliphatic heterocycles. The smallest absolute Gasteiger partial charge is 0.394 e. The summed E-state index contributed by atoms with van der Waals surface area (Å²) in [6.45, 7) is 0.596. The van der Waals surface area contributed by atoms with Crippen molar-refractivity contribution in [2.24, 2.45) is 11.8 Å². The summed E-state index contributed by atoms with van der Waals surface area (Å²) in [5, 5.41) is 11.6. The zero-order valence-electron chi connectivity index (χ0n) is 14.8. The van der Waals surface area contributed by atoms with Crippen molar-refractivity contribution in [3.63, 3.8) is 0 Å². The number of rotatable bonds is 3. The van der Waals surface area contributed by atoms with Gasteiger partial charge in [0.25, 0.3) is 0 Å². The fourth-order valence-electron chi connectivity index (χ4n) is 3.08. The number of urea groups is 1. The number of carbonyl (C=O) groups excluding carboxylic acids is 1. The van der Waals surface area contributed by atoms with E-state index in [9.17, 15) is 22.8 Å². The van der Waals surface area contributed by atoms with E-state index in [1.54, 1.807) is 43.5 Å². The second-order valence-electron chi connectivity index (χ2n) is 6.53. The molecule has 0 bridgehead atoms. The predicted molar refractivity (Wildman–Crippen MR) is 93.5 cm³/mol. The van der Waals surface area contributed by atoms with Crippen LogP contribution in [0.5, 0.6) is 0 Å². The van der Waals surface area contributed by atoms with E-state index in [0.29, 0.717) is 17.1 Å². The number of aryl methyl sites for hydroxylation is 1. The third kappa shape index (κ3) is 4.21. The van der Waals surface area contributed by atoms with Gasteiger partial charge in [-0.15, -0.1) is 0 Å². The molecular formula is C18H17F3N4O3. The second kappa shape index (κ2) is 7.45. The van der Waals surface area contributed by atoms with E-state index in [2.05, 4.69) is 15.3 Å². The number of amides is 2. The Morgan fingerprint density at radius 3 is 2.61 bits per heavy atom. The quantitative estimate of drug-likeness (QED) is 0.834. The van der Waals surface area contributed by atoms with Crippen molar-refractivity contribution >= 4 is 17.7 Å². The molecule has 1 fully saturated rings. The zero-order chi connectivity index (χ0) is 20.5. The molecule has 3 rings (SSSR count). The summed E-state index contributed by atoms with van der Waals surface area (Å²) < 4.78 is 39.2. The number of carbonyl (C=O) groups is 2. The largest absolute Gasteiger partial charge is 0.481 e. The molecule has 148 valence electrons. The van der Waals surface area contributed by atoms with Crippen LogP contribution in [0.2, 0.25) is 0 Å². The minimum absolute atomic E-state index is 0.343. The first-order chi connectivity index (χ1) is 13.1. The molecule has 28 heavy (non-hydrogen) atoms. The number of aromatic nitrogens is 2. The van der Waals surface area contributed by atoms with Crippen LogP contribution >= 0.6 is 0 Å². The summed E-state index contributed by atoms with van der Waals surface area (Å²) in [6.07, 6.45) is -3.10. The molecule has 0 aliphatic carbocycles. The van der Waals surface area contributed by atoms with Gasteiger partial charge in [0.15, 0.2) is 5.82 Å². The fourth-order valence-corrected chi connectivity index (χ4v) is 3.08. The van der Waals surface area contributed by atoms with Crippen LogP contribution in [0.3, 0.4) is 0 Å². The van der Waals surface area contributed by atoms with Gasteiger partial charge < -0.3 is 15.3 Å². The van der Waals surface area contributed by atoms with Crippen LogP contribution in [0, 0.1) is 18.8 Å². The average molecular weight is 394 g/mol. The summed E-state index contributed by atoms with van der Waals surface area (Å²) in [6, 6.07) is 7.50. The highest BCUT2D eigenvalue weighted by atomic mass is 19.4. The van der Waals surface area contributed by atoms with Crippen molar-refractivity contribution in [3.8, 4) is 11.4 Å². The van der Waals surface area contributed by atoms with Crippen LogP contribution in [-0.2, 0) is 4.79 Å². The van der Waals surface area contributed by atoms with E-state index in [0.717, 1.165) is 10.6 Å². The van der Waals surface area contributed by atoms with Crippen molar-refractivity contribution in [2.45, 2.75) is 13.1 Å². The highest BCUT2D eigenvalue weighted by Crippen LogP contribution is 2.38. The van der Waals surface area contributed by atoms with Crippen molar-refractivity contribution in [1.82, 2.24) is 14.9 Å². The third-order valence-electron chi connectivity index (χ3n) is 4.51. The average Bonchev–Trinajstić information content (AvgIpc) is 3.08. The standard InChI is InChI=1S/C18H17F3N4O3/c1-10-5-6-22-15(23-10)11-3-2-4-12(7-11)24-17(28)25-8-13(16(26)27)14(9-25)18(19,20)21/h2-7,13-14H,8-9H2,1H3,(H,24,28)(H,26,27)/t13-,14-/m1/s1. The maximum Gasteiger partial charge on any atom is 0.394 e. The number of alkyl halides is 3. The minimum atomic E-state index is -4.69. The Kier molecular flexibility index (Phi) is 5.21. The topological polar surface area (TPSA) is 95.4 Å². The van der Waals surface area contributed by atoms with Gasteiger partial charge >= 0.3 is 18.2 Å². The molecule has 0 unspecified atom stereocenters. The zero-order valence-corrected chi connectivity index (χ0v) is 14.8. The number of likely N-dealkylation sites (tertiary alicyclic amines) is 1. The number of carboxylic acids is 1. The van der Waals surface area contributed by atoms with Gasteiger partial charge in [-0.1, -0.05) is 12.1 Å². The number of hydrogen-bond donors (Lipinski definition) is 2. The van der Waals surface area contributed by atoms with E-state index in [1.807, 2.05) is 0 Å².